The molecule has 194 valence electrons. The third kappa shape index (κ3) is 4.89. The molecule has 0 radical (unpaired) electrons. The molecule has 2 aliphatic heterocycles. The molecule has 16 heteroatoms. The van der Waals surface area contributed by atoms with Crippen molar-refractivity contribution in [1.29, 1.82) is 0 Å². The smallest absolute Gasteiger partial charge is 0.242 e. The minimum Gasteiger partial charge on any atom is -0.369 e. The zero-order valence-electron chi connectivity index (χ0n) is 19.3. The van der Waals surface area contributed by atoms with Gasteiger partial charge in [-0.15, -0.1) is 5.11 Å². The van der Waals surface area contributed by atoms with E-state index in [1.54, 1.807) is 24.4 Å². The van der Waals surface area contributed by atoms with Crippen LogP contribution in [-0.2, 0) is 20.0 Å². The fourth-order valence-corrected chi connectivity index (χ4v) is 7.20. The molecule has 2 atom stereocenters. The van der Waals surface area contributed by atoms with E-state index < -0.39 is 41.9 Å². The van der Waals surface area contributed by atoms with Gasteiger partial charge < -0.3 is 21.8 Å². The van der Waals surface area contributed by atoms with E-state index in [4.69, 9.17) is 16.6 Å². The van der Waals surface area contributed by atoms with Crippen LogP contribution in [0.1, 0.15) is 5.56 Å². The molecule has 1 aromatic heterocycles. The number of nitrogens with zero attached hydrogens (tertiary/aromatic N) is 4. The van der Waals surface area contributed by atoms with Crippen molar-refractivity contribution in [2.45, 2.75) is 21.9 Å². The first-order valence-corrected chi connectivity index (χ1v) is 14.1. The van der Waals surface area contributed by atoms with Gasteiger partial charge in [-0.3, -0.25) is 0 Å². The third-order valence-electron chi connectivity index (χ3n) is 6.02. The maximum atomic E-state index is 13.4. The number of rotatable bonds is 7. The van der Waals surface area contributed by atoms with Gasteiger partial charge in [0, 0.05) is 24.7 Å². The number of nitrogen functional groups attached to an aromatic ring is 1. The van der Waals surface area contributed by atoms with Gasteiger partial charge in [-0.2, -0.15) is 5.11 Å². The lowest BCUT2D eigenvalue weighted by Gasteiger charge is -2.20. The van der Waals surface area contributed by atoms with Crippen LogP contribution >= 0.6 is 0 Å². The van der Waals surface area contributed by atoms with Crippen molar-refractivity contribution in [3.63, 3.8) is 0 Å². The van der Waals surface area contributed by atoms with Crippen molar-refractivity contribution in [1.82, 2.24) is 20.0 Å². The third-order valence-corrected chi connectivity index (χ3v) is 8.67. The minimum atomic E-state index is -4.60. The second-order valence-corrected chi connectivity index (χ2v) is 11.7. The molecule has 3 heterocycles. The summed E-state index contributed by atoms with van der Waals surface area (Å²) in [6.45, 7) is 0.668. The molecule has 14 nitrogen and oxygen atoms in total. The number of benzene rings is 2. The van der Waals surface area contributed by atoms with Crippen LogP contribution in [0.2, 0.25) is 0 Å². The van der Waals surface area contributed by atoms with Gasteiger partial charge in [0.2, 0.25) is 20.0 Å². The van der Waals surface area contributed by atoms with Gasteiger partial charge in [-0.1, -0.05) is 24.3 Å². The zero-order chi connectivity index (χ0) is 26.4. The zero-order valence-corrected chi connectivity index (χ0v) is 20.9. The summed E-state index contributed by atoms with van der Waals surface area (Å²) in [4.78, 5) is 9.95. The molecule has 0 amide bonds. The lowest BCUT2D eigenvalue weighted by molar-refractivity contribution is 0.536. The van der Waals surface area contributed by atoms with Gasteiger partial charge >= 0.3 is 0 Å². The number of hydrogen-bond acceptors (Lipinski definition) is 11. The first kappa shape index (κ1) is 25.1. The Hall–Kier alpha value is -3.54. The number of imidazole rings is 1. The van der Waals surface area contributed by atoms with Crippen molar-refractivity contribution >= 4 is 31.8 Å². The Balaban J connectivity index is 1.73. The molecule has 3 aromatic rings. The Kier molecular flexibility index (Phi) is 6.38. The maximum Gasteiger partial charge on any atom is 0.242 e. The molecule has 0 unspecified atom stereocenters. The van der Waals surface area contributed by atoms with Crippen LogP contribution in [0.5, 0.6) is 0 Å². The number of H-pyrrole nitrogens is 1. The number of amidine groups is 1. The van der Waals surface area contributed by atoms with Crippen LogP contribution < -0.4 is 26.6 Å². The number of primary sulfonamides is 1. The SMILES string of the molecule is Nc1ncc(-c2cccc(-c3ccc(S(=O)(=O)N[C@H]4CNC[C@H]4N)c(S(N)(=O)=O)c3C3=NCN=N3)c2)[nH]1. The number of anilines is 1. The Morgan fingerprint density at radius 1 is 1.05 bits per heavy atom. The molecule has 37 heavy (non-hydrogen) atoms. The van der Waals surface area contributed by atoms with Crippen molar-refractivity contribution in [3.8, 4) is 22.4 Å². The van der Waals surface area contributed by atoms with E-state index in [0.29, 0.717) is 35.5 Å². The molecule has 0 bridgehead atoms. The normalized spacial score (nSPS) is 19.9. The number of sulfonamides is 2. The first-order chi connectivity index (χ1) is 17.5. The summed E-state index contributed by atoms with van der Waals surface area (Å²) in [5, 5.41) is 16.4. The second-order valence-electron chi connectivity index (χ2n) is 8.54. The van der Waals surface area contributed by atoms with E-state index in [-0.39, 0.29) is 24.0 Å². The number of hydrogen-bond donors (Lipinski definition) is 6. The van der Waals surface area contributed by atoms with Crippen LogP contribution in [-0.4, -0.2) is 64.5 Å². The fraction of sp³-hybridized carbons (Fsp3) is 0.238. The summed E-state index contributed by atoms with van der Waals surface area (Å²) in [5.74, 6) is 0.184. The number of azo groups is 1. The predicted octanol–water partition coefficient (Wildman–Crippen LogP) is -0.279. The number of nitrogens with one attached hydrogen (secondary N) is 3. The highest BCUT2D eigenvalue weighted by Gasteiger charge is 2.35. The average molecular weight is 545 g/mol. The van der Waals surface area contributed by atoms with Gasteiger partial charge in [0.05, 0.1) is 23.5 Å². The lowest BCUT2D eigenvalue weighted by atomic mass is 9.96. The molecule has 0 spiro atoms. The average Bonchev–Trinajstić information content (AvgIpc) is 3.61. The van der Waals surface area contributed by atoms with Crippen molar-refractivity contribution in [2.24, 2.45) is 26.1 Å². The minimum absolute atomic E-state index is 0.0376. The van der Waals surface area contributed by atoms with Crippen LogP contribution in [0.4, 0.5) is 5.95 Å². The van der Waals surface area contributed by atoms with Gasteiger partial charge in [0.25, 0.3) is 0 Å². The quantitative estimate of drug-likeness (QED) is 0.231. The highest BCUT2D eigenvalue weighted by Crippen LogP contribution is 2.36. The van der Waals surface area contributed by atoms with Crippen LogP contribution in [0.15, 0.2) is 67.6 Å². The largest absolute Gasteiger partial charge is 0.369 e. The molecule has 9 N–H and O–H groups in total. The molecular formula is C21H24N10O4S2. The number of aliphatic imine (C=N–C) groups is 1. The molecule has 2 aromatic carbocycles. The molecule has 1 saturated heterocycles. The Bertz CT molecular complexity index is 1650. The van der Waals surface area contributed by atoms with Crippen LogP contribution in [0.25, 0.3) is 22.4 Å². The van der Waals surface area contributed by atoms with E-state index in [0.717, 1.165) is 0 Å². The summed E-state index contributed by atoms with van der Waals surface area (Å²) in [6.07, 6.45) is 1.56. The summed E-state index contributed by atoms with van der Waals surface area (Å²) in [6, 6.07) is 8.62. The van der Waals surface area contributed by atoms with Crippen molar-refractivity contribution in [3.05, 3.63) is 48.2 Å². The predicted molar refractivity (Wildman–Crippen MR) is 136 cm³/mol. The topological polar surface area (TPSA) is 236 Å². The van der Waals surface area contributed by atoms with E-state index >= 15 is 0 Å². The Labute approximate surface area is 212 Å². The summed E-state index contributed by atoms with van der Waals surface area (Å²) in [5.41, 5.74) is 13.9. The number of aromatic nitrogens is 2. The number of nitrogens with two attached hydrogens (primary N) is 3. The van der Waals surface area contributed by atoms with Crippen LogP contribution in [0.3, 0.4) is 0 Å². The van der Waals surface area contributed by atoms with E-state index in [1.165, 1.54) is 12.1 Å². The molecule has 5 rings (SSSR count). The van der Waals surface area contributed by atoms with Gasteiger partial charge in [0.15, 0.2) is 18.5 Å². The first-order valence-electron chi connectivity index (χ1n) is 11.1. The van der Waals surface area contributed by atoms with Gasteiger partial charge in [0.1, 0.15) is 9.79 Å². The molecule has 0 aliphatic carbocycles. The highest BCUT2D eigenvalue weighted by atomic mass is 32.2. The van der Waals surface area contributed by atoms with E-state index in [1.807, 2.05) is 6.07 Å². The van der Waals surface area contributed by atoms with Crippen molar-refractivity contribution in [2.75, 3.05) is 25.5 Å². The molecule has 0 saturated carbocycles. The van der Waals surface area contributed by atoms with Crippen LogP contribution in [0, 0.1) is 0 Å². The summed E-state index contributed by atoms with van der Waals surface area (Å²) in [7, 11) is -8.98. The molecule has 1 fully saturated rings. The van der Waals surface area contributed by atoms with E-state index in [9.17, 15) is 16.8 Å². The summed E-state index contributed by atoms with van der Waals surface area (Å²) >= 11 is 0. The monoisotopic (exact) mass is 544 g/mol. The second kappa shape index (κ2) is 9.40. The Morgan fingerprint density at radius 3 is 2.46 bits per heavy atom. The van der Waals surface area contributed by atoms with Gasteiger partial charge in [-0.25, -0.2) is 36.7 Å². The Morgan fingerprint density at radius 2 is 1.84 bits per heavy atom. The van der Waals surface area contributed by atoms with Gasteiger partial charge in [-0.05, 0) is 23.3 Å². The molecule has 2 aliphatic rings. The number of aromatic amines is 1. The van der Waals surface area contributed by atoms with Crippen molar-refractivity contribution < 1.29 is 16.8 Å². The maximum absolute atomic E-state index is 13.4. The summed E-state index contributed by atoms with van der Waals surface area (Å²) < 4.78 is 55.2. The highest BCUT2D eigenvalue weighted by molar-refractivity contribution is 7.92. The standard InChI is InChI=1S/C21H24N10O4S2/c22-14-7-25-8-16(14)31-37(34,35)17-5-4-13(18(19(17)36(24,32)33)20-27-10-28-30-20)11-2-1-3-12(6-11)15-9-26-21(23)29-15/h1-6,9,14,16,25,31H,7-8,10,22H2,(H3,23,26,29)(H2,24,32,33)/t14-,16+/m1/s1. The fourth-order valence-electron chi connectivity index (χ4n) is 4.31. The lowest BCUT2D eigenvalue weighted by Crippen LogP contribution is -2.47. The van der Waals surface area contributed by atoms with E-state index in [2.05, 4.69) is 35.2 Å². The molecular weight excluding hydrogens is 520 g/mol.